The Bertz CT molecular complexity index is 288. The van der Waals surface area contributed by atoms with Crippen molar-refractivity contribution in [2.45, 2.75) is 50.6 Å². The molecule has 15 heavy (non-hydrogen) atoms. The molecule has 0 radical (unpaired) electrons. The number of nitrogens with one attached hydrogen (secondary N) is 1. The van der Waals surface area contributed by atoms with Crippen molar-refractivity contribution in [2.75, 3.05) is 6.54 Å². The number of hydrogen-bond acceptors (Lipinski definition) is 4. The van der Waals surface area contributed by atoms with Crippen LogP contribution in [0.4, 0.5) is 0 Å². The second kappa shape index (κ2) is 6.18. The number of oxazole rings is 1. The van der Waals surface area contributed by atoms with E-state index in [4.69, 9.17) is 4.42 Å². The van der Waals surface area contributed by atoms with Crippen LogP contribution < -0.4 is 5.32 Å². The highest BCUT2D eigenvalue weighted by atomic mass is 32.2. The van der Waals surface area contributed by atoms with Gasteiger partial charge in [0.1, 0.15) is 6.26 Å². The molecule has 4 heteroatoms. The first-order valence-electron chi connectivity index (χ1n) is 5.44. The maximum atomic E-state index is 5.29. The summed E-state index contributed by atoms with van der Waals surface area (Å²) in [5, 5.41) is 4.72. The number of aromatic nitrogens is 1. The molecule has 0 aliphatic heterocycles. The van der Waals surface area contributed by atoms with E-state index in [9.17, 15) is 0 Å². The Labute approximate surface area is 96.0 Å². The molecule has 0 aliphatic rings. The Morgan fingerprint density at radius 2 is 2.27 bits per heavy atom. The van der Waals surface area contributed by atoms with Gasteiger partial charge in [-0.15, -0.1) is 0 Å². The molecule has 86 valence electrons. The predicted molar refractivity (Wildman–Crippen MR) is 64.3 cm³/mol. The van der Waals surface area contributed by atoms with E-state index in [0.717, 1.165) is 23.9 Å². The van der Waals surface area contributed by atoms with Crippen LogP contribution in [0.2, 0.25) is 0 Å². The number of hydrogen-bond donors (Lipinski definition) is 1. The van der Waals surface area contributed by atoms with Gasteiger partial charge in [0.05, 0.1) is 5.69 Å². The summed E-state index contributed by atoms with van der Waals surface area (Å²) in [7, 11) is 0. The number of rotatable bonds is 6. The van der Waals surface area contributed by atoms with Crippen LogP contribution in [0.3, 0.4) is 0 Å². The van der Waals surface area contributed by atoms with Gasteiger partial charge in [-0.1, -0.05) is 25.6 Å². The minimum Gasteiger partial charge on any atom is -0.440 e. The van der Waals surface area contributed by atoms with Crippen LogP contribution >= 0.6 is 11.8 Å². The third-order valence-electron chi connectivity index (χ3n) is 2.27. The van der Waals surface area contributed by atoms with Gasteiger partial charge in [0, 0.05) is 17.8 Å². The highest BCUT2D eigenvalue weighted by Crippen LogP contribution is 2.21. The molecule has 2 unspecified atom stereocenters. The van der Waals surface area contributed by atoms with Crippen molar-refractivity contribution in [3.05, 3.63) is 12.0 Å². The Hall–Kier alpha value is -0.480. The summed E-state index contributed by atoms with van der Waals surface area (Å²) in [6.45, 7) is 9.50. The molecule has 3 nitrogen and oxygen atoms in total. The molecule has 0 aliphatic carbocycles. The van der Waals surface area contributed by atoms with Crippen LogP contribution in [-0.4, -0.2) is 22.8 Å². The SMILES string of the molecule is CCC(C)NCC(C)Sc1nc(C)co1. The zero-order valence-electron chi connectivity index (χ0n) is 9.91. The lowest BCUT2D eigenvalue weighted by molar-refractivity contribution is 0.452. The van der Waals surface area contributed by atoms with E-state index in [-0.39, 0.29) is 0 Å². The molecule has 0 aromatic carbocycles. The highest BCUT2D eigenvalue weighted by molar-refractivity contribution is 7.99. The molecule has 0 amide bonds. The smallest absolute Gasteiger partial charge is 0.256 e. The van der Waals surface area contributed by atoms with Crippen LogP contribution in [0, 0.1) is 6.92 Å². The molecule has 0 saturated carbocycles. The van der Waals surface area contributed by atoms with Gasteiger partial charge >= 0.3 is 0 Å². The van der Waals surface area contributed by atoms with Gasteiger partial charge in [-0.05, 0) is 20.3 Å². The summed E-state index contributed by atoms with van der Waals surface area (Å²) in [6, 6.07) is 0.583. The van der Waals surface area contributed by atoms with Crippen LogP contribution in [0.15, 0.2) is 15.9 Å². The largest absolute Gasteiger partial charge is 0.440 e. The van der Waals surface area contributed by atoms with Crippen molar-refractivity contribution < 1.29 is 4.42 Å². The normalized spacial score (nSPS) is 15.2. The standard InChI is InChI=1S/C11H20N2OS/c1-5-8(2)12-6-10(4)15-11-13-9(3)7-14-11/h7-8,10,12H,5-6H2,1-4H3. The second-order valence-corrected chi connectivity index (χ2v) is 5.29. The van der Waals surface area contributed by atoms with Gasteiger partial charge < -0.3 is 9.73 Å². The first kappa shape index (κ1) is 12.6. The summed E-state index contributed by atoms with van der Waals surface area (Å²) < 4.78 is 5.29. The number of thioether (sulfide) groups is 1. The number of nitrogens with zero attached hydrogens (tertiary/aromatic N) is 1. The minimum atomic E-state index is 0.483. The first-order chi connectivity index (χ1) is 7.11. The van der Waals surface area contributed by atoms with E-state index in [1.54, 1.807) is 18.0 Å². The summed E-state index contributed by atoms with van der Waals surface area (Å²) in [6.07, 6.45) is 2.85. The molecule has 0 fully saturated rings. The third kappa shape index (κ3) is 4.71. The molecule has 1 rings (SSSR count). The molecule has 1 aromatic heterocycles. The van der Waals surface area contributed by atoms with Crippen molar-refractivity contribution in [3.8, 4) is 0 Å². The zero-order valence-corrected chi connectivity index (χ0v) is 10.7. The molecule has 1 N–H and O–H groups in total. The average Bonchev–Trinajstić information content (AvgIpc) is 2.60. The van der Waals surface area contributed by atoms with E-state index in [2.05, 4.69) is 31.1 Å². The van der Waals surface area contributed by atoms with Crippen molar-refractivity contribution in [1.29, 1.82) is 0 Å². The van der Waals surface area contributed by atoms with Crippen LogP contribution in [0.5, 0.6) is 0 Å². The topological polar surface area (TPSA) is 38.1 Å². The zero-order chi connectivity index (χ0) is 11.3. The minimum absolute atomic E-state index is 0.483. The molecule has 1 aromatic rings. The Balaban J connectivity index is 2.27. The van der Waals surface area contributed by atoms with E-state index in [1.807, 2.05) is 6.92 Å². The van der Waals surface area contributed by atoms with Crippen LogP contribution in [0.1, 0.15) is 32.9 Å². The fourth-order valence-electron chi connectivity index (χ4n) is 1.11. The maximum Gasteiger partial charge on any atom is 0.256 e. The van der Waals surface area contributed by atoms with E-state index < -0.39 is 0 Å². The summed E-state index contributed by atoms with van der Waals surface area (Å²) >= 11 is 1.68. The van der Waals surface area contributed by atoms with Crippen LogP contribution in [0.25, 0.3) is 0 Å². The van der Waals surface area contributed by atoms with Crippen molar-refractivity contribution in [2.24, 2.45) is 0 Å². The molecule has 0 spiro atoms. The average molecular weight is 228 g/mol. The Kier molecular flexibility index (Phi) is 5.19. The summed E-state index contributed by atoms with van der Waals surface area (Å²) in [5.74, 6) is 0. The molecule has 0 saturated heterocycles. The fourth-order valence-corrected chi connectivity index (χ4v) is 1.94. The third-order valence-corrected chi connectivity index (χ3v) is 3.22. The first-order valence-corrected chi connectivity index (χ1v) is 6.32. The van der Waals surface area contributed by atoms with E-state index >= 15 is 0 Å². The van der Waals surface area contributed by atoms with Gasteiger partial charge in [-0.2, -0.15) is 0 Å². The molecule has 1 heterocycles. The maximum absolute atomic E-state index is 5.29. The van der Waals surface area contributed by atoms with E-state index in [0.29, 0.717) is 11.3 Å². The van der Waals surface area contributed by atoms with E-state index in [1.165, 1.54) is 0 Å². The van der Waals surface area contributed by atoms with Gasteiger partial charge in [-0.3, -0.25) is 0 Å². The second-order valence-electron chi connectivity index (χ2n) is 3.90. The Morgan fingerprint density at radius 3 is 2.80 bits per heavy atom. The Morgan fingerprint density at radius 1 is 1.53 bits per heavy atom. The van der Waals surface area contributed by atoms with Crippen molar-refractivity contribution >= 4 is 11.8 Å². The lowest BCUT2D eigenvalue weighted by Crippen LogP contribution is -2.30. The lowest BCUT2D eigenvalue weighted by atomic mass is 10.2. The van der Waals surface area contributed by atoms with Gasteiger partial charge in [0.25, 0.3) is 5.22 Å². The van der Waals surface area contributed by atoms with Gasteiger partial charge in [-0.25, -0.2) is 4.98 Å². The fraction of sp³-hybridized carbons (Fsp3) is 0.727. The van der Waals surface area contributed by atoms with Crippen molar-refractivity contribution in [3.63, 3.8) is 0 Å². The lowest BCUT2D eigenvalue weighted by Gasteiger charge is -2.14. The predicted octanol–water partition coefficient (Wildman–Crippen LogP) is 2.85. The number of aryl methyl sites for hydroxylation is 1. The summed E-state index contributed by atoms with van der Waals surface area (Å²) in [5.41, 5.74) is 0.944. The molecule has 2 atom stereocenters. The van der Waals surface area contributed by atoms with Gasteiger partial charge in [0.15, 0.2) is 0 Å². The quantitative estimate of drug-likeness (QED) is 0.760. The summed E-state index contributed by atoms with van der Waals surface area (Å²) in [4.78, 5) is 4.27. The monoisotopic (exact) mass is 228 g/mol. The molecular formula is C11H20N2OS. The van der Waals surface area contributed by atoms with Crippen LogP contribution in [-0.2, 0) is 0 Å². The molecular weight excluding hydrogens is 208 g/mol. The highest BCUT2D eigenvalue weighted by Gasteiger charge is 2.09. The van der Waals surface area contributed by atoms with Gasteiger partial charge in [0.2, 0.25) is 0 Å². The van der Waals surface area contributed by atoms with Crippen molar-refractivity contribution in [1.82, 2.24) is 10.3 Å². The molecule has 0 bridgehead atoms.